The molecule has 0 aromatic heterocycles. The Morgan fingerprint density at radius 2 is 1.92 bits per heavy atom. The highest BCUT2D eigenvalue weighted by Crippen LogP contribution is 2.23. The molecule has 1 amide bonds. The summed E-state index contributed by atoms with van der Waals surface area (Å²) < 4.78 is 5.64. The van der Waals surface area contributed by atoms with Crippen LogP contribution in [0.4, 0.5) is 0 Å². The summed E-state index contributed by atoms with van der Waals surface area (Å²) in [5.41, 5.74) is 0.919. The molecule has 1 aromatic rings. The molecular formula is C19H27NO4. The summed E-state index contributed by atoms with van der Waals surface area (Å²) in [4.78, 5) is 25.4. The number of likely N-dealkylation sites (tertiary alicyclic amines) is 1. The van der Waals surface area contributed by atoms with E-state index in [4.69, 9.17) is 4.74 Å². The minimum absolute atomic E-state index is 0.0105. The number of nitrogens with zero attached hydrogens (tertiary/aromatic N) is 1. The predicted octanol–water partition coefficient (Wildman–Crippen LogP) is 2.83. The summed E-state index contributed by atoms with van der Waals surface area (Å²) >= 11 is 0. The van der Waals surface area contributed by atoms with Crippen molar-refractivity contribution >= 4 is 11.9 Å². The van der Waals surface area contributed by atoms with Crippen LogP contribution in [-0.4, -0.2) is 41.6 Å². The fraction of sp³-hybridized carbons (Fsp3) is 0.579. The molecule has 1 aliphatic heterocycles. The van der Waals surface area contributed by atoms with E-state index in [1.54, 1.807) is 4.90 Å². The number of amides is 1. The van der Waals surface area contributed by atoms with Crippen LogP contribution in [-0.2, 0) is 16.0 Å². The average molecular weight is 333 g/mol. The Hall–Kier alpha value is -2.04. The third kappa shape index (κ3) is 5.25. The molecule has 2 unspecified atom stereocenters. The van der Waals surface area contributed by atoms with E-state index in [1.165, 1.54) is 0 Å². The van der Waals surface area contributed by atoms with E-state index in [1.807, 2.05) is 31.2 Å². The maximum absolute atomic E-state index is 12.5. The van der Waals surface area contributed by atoms with Crippen molar-refractivity contribution in [3.8, 4) is 5.75 Å². The van der Waals surface area contributed by atoms with Gasteiger partial charge in [0, 0.05) is 13.1 Å². The van der Waals surface area contributed by atoms with Gasteiger partial charge in [-0.25, -0.2) is 0 Å². The quantitative estimate of drug-likeness (QED) is 0.869. The summed E-state index contributed by atoms with van der Waals surface area (Å²) in [6.45, 7) is 7.80. The molecule has 24 heavy (non-hydrogen) atoms. The molecule has 1 fully saturated rings. The van der Waals surface area contributed by atoms with E-state index >= 15 is 0 Å². The van der Waals surface area contributed by atoms with Gasteiger partial charge >= 0.3 is 5.97 Å². The molecule has 2 rings (SSSR count). The van der Waals surface area contributed by atoms with Gasteiger partial charge in [-0.3, -0.25) is 9.59 Å². The number of aliphatic carboxylic acids is 1. The van der Waals surface area contributed by atoms with Gasteiger partial charge in [0.2, 0.25) is 5.91 Å². The highest BCUT2D eigenvalue weighted by atomic mass is 16.5. The number of ether oxygens (including phenoxy) is 1. The Morgan fingerprint density at radius 3 is 2.50 bits per heavy atom. The molecule has 1 aliphatic rings. The maximum atomic E-state index is 12.5. The summed E-state index contributed by atoms with van der Waals surface area (Å²) in [6.07, 6.45) is 0.935. The molecule has 0 aliphatic carbocycles. The van der Waals surface area contributed by atoms with Crippen LogP contribution in [0.25, 0.3) is 0 Å². The summed E-state index contributed by atoms with van der Waals surface area (Å²) in [5.74, 6) is 0.210. The first kappa shape index (κ1) is 18.3. The topological polar surface area (TPSA) is 66.8 Å². The molecule has 5 nitrogen and oxygen atoms in total. The number of piperidine rings is 1. The molecular weight excluding hydrogens is 306 g/mol. The van der Waals surface area contributed by atoms with Gasteiger partial charge in [-0.05, 0) is 36.0 Å². The zero-order valence-corrected chi connectivity index (χ0v) is 14.7. The number of carboxylic acids is 1. The van der Waals surface area contributed by atoms with Crippen LogP contribution < -0.4 is 4.74 Å². The highest BCUT2D eigenvalue weighted by Gasteiger charge is 2.31. The van der Waals surface area contributed by atoms with Gasteiger partial charge in [0.05, 0.1) is 18.9 Å². The molecule has 2 atom stereocenters. The smallest absolute Gasteiger partial charge is 0.308 e. The first-order valence-corrected chi connectivity index (χ1v) is 8.57. The number of carboxylic acid groups (broad SMARTS) is 1. The lowest BCUT2D eigenvalue weighted by Gasteiger charge is -2.34. The van der Waals surface area contributed by atoms with Crippen molar-refractivity contribution in [3.05, 3.63) is 29.8 Å². The van der Waals surface area contributed by atoms with Gasteiger partial charge in [-0.1, -0.05) is 32.9 Å². The van der Waals surface area contributed by atoms with Crippen LogP contribution in [0, 0.1) is 17.8 Å². The van der Waals surface area contributed by atoms with Crippen LogP contribution in [0.2, 0.25) is 0 Å². The van der Waals surface area contributed by atoms with Crippen LogP contribution >= 0.6 is 0 Å². The van der Waals surface area contributed by atoms with Gasteiger partial charge in [-0.2, -0.15) is 0 Å². The predicted molar refractivity (Wildman–Crippen MR) is 92.0 cm³/mol. The number of hydrogen-bond acceptors (Lipinski definition) is 3. The molecule has 5 heteroatoms. The van der Waals surface area contributed by atoms with E-state index in [9.17, 15) is 14.7 Å². The van der Waals surface area contributed by atoms with Crippen molar-refractivity contribution in [2.45, 2.75) is 33.6 Å². The average Bonchev–Trinajstić information content (AvgIpc) is 2.53. The van der Waals surface area contributed by atoms with E-state index in [0.29, 0.717) is 38.5 Å². The van der Waals surface area contributed by atoms with E-state index in [0.717, 1.165) is 11.3 Å². The fourth-order valence-electron chi connectivity index (χ4n) is 2.99. The molecule has 0 spiro atoms. The minimum atomic E-state index is -0.814. The van der Waals surface area contributed by atoms with E-state index in [-0.39, 0.29) is 11.8 Å². The Kier molecular flexibility index (Phi) is 6.23. The van der Waals surface area contributed by atoms with Crippen LogP contribution in [0.1, 0.15) is 32.8 Å². The molecule has 0 bridgehead atoms. The van der Waals surface area contributed by atoms with Crippen molar-refractivity contribution in [1.82, 2.24) is 4.90 Å². The zero-order valence-electron chi connectivity index (χ0n) is 14.7. The Morgan fingerprint density at radius 1 is 1.25 bits per heavy atom. The van der Waals surface area contributed by atoms with E-state index < -0.39 is 11.9 Å². The third-order valence-corrected chi connectivity index (χ3v) is 4.22. The van der Waals surface area contributed by atoms with Crippen molar-refractivity contribution in [3.63, 3.8) is 0 Å². The minimum Gasteiger partial charge on any atom is -0.493 e. The molecule has 132 valence electrons. The number of carbonyl (C=O) groups excluding carboxylic acids is 1. The van der Waals surface area contributed by atoms with Gasteiger partial charge in [0.25, 0.3) is 0 Å². The Bertz CT molecular complexity index is 567. The number of hydrogen-bond donors (Lipinski definition) is 1. The lowest BCUT2D eigenvalue weighted by atomic mass is 9.90. The second kappa shape index (κ2) is 8.18. The standard InChI is InChI=1S/C19H27NO4/c1-13(2)12-24-17-6-4-15(5-7-17)9-18(21)20-10-14(3)8-16(11-20)19(22)23/h4-7,13-14,16H,8-12H2,1-3H3,(H,22,23). The molecule has 0 saturated carbocycles. The largest absolute Gasteiger partial charge is 0.493 e. The molecule has 0 radical (unpaired) electrons. The SMILES string of the molecule is CC(C)COc1ccc(CC(=O)N2CC(C)CC(C(=O)O)C2)cc1. The number of benzene rings is 1. The number of rotatable bonds is 6. The van der Waals surface area contributed by atoms with Crippen LogP contribution in [0.3, 0.4) is 0 Å². The third-order valence-electron chi connectivity index (χ3n) is 4.22. The van der Waals surface area contributed by atoms with Crippen molar-refractivity contribution < 1.29 is 19.4 Å². The van der Waals surface area contributed by atoms with Crippen molar-refractivity contribution in [2.24, 2.45) is 17.8 Å². The summed E-state index contributed by atoms with van der Waals surface area (Å²) in [5, 5.41) is 9.21. The normalized spacial score (nSPS) is 20.9. The summed E-state index contributed by atoms with van der Waals surface area (Å²) in [7, 11) is 0. The lowest BCUT2D eigenvalue weighted by Crippen LogP contribution is -2.46. The lowest BCUT2D eigenvalue weighted by molar-refractivity contribution is -0.146. The Balaban J connectivity index is 1.92. The first-order chi connectivity index (χ1) is 11.3. The van der Waals surface area contributed by atoms with Gasteiger partial charge in [0.15, 0.2) is 0 Å². The zero-order chi connectivity index (χ0) is 17.7. The van der Waals surface area contributed by atoms with Crippen LogP contribution in [0.15, 0.2) is 24.3 Å². The molecule has 1 aromatic carbocycles. The maximum Gasteiger partial charge on any atom is 0.308 e. The van der Waals surface area contributed by atoms with Gasteiger partial charge < -0.3 is 14.7 Å². The van der Waals surface area contributed by atoms with Gasteiger partial charge in [0.1, 0.15) is 5.75 Å². The second-order valence-electron chi connectivity index (χ2n) is 7.20. The van der Waals surface area contributed by atoms with Gasteiger partial charge in [-0.15, -0.1) is 0 Å². The Labute approximate surface area is 143 Å². The van der Waals surface area contributed by atoms with Crippen molar-refractivity contribution in [1.29, 1.82) is 0 Å². The highest BCUT2D eigenvalue weighted by molar-refractivity contribution is 5.80. The molecule has 1 heterocycles. The fourth-order valence-corrected chi connectivity index (χ4v) is 2.99. The number of carbonyl (C=O) groups is 2. The molecule has 1 N–H and O–H groups in total. The molecule has 1 saturated heterocycles. The second-order valence-corrected chi connectivity index (χ2v) is 7.20. The van der Waals surface area contributed by atoms with E-state index in [2.05, 4.69) is 13.8 Å². The van der Waals surface area contributed by atoms with Crippen LogP contribution in [0.5, 0.6) is 5.75 Å². The first-order valence-electron chi connectivity index (χ1n) is 8.57. The summed E-state index contributed by atoms with van der Waals surface area (Å²) in [6, 6.07) is 7.55. The van der Waals surface area contributed by atoms with Crippen molar-refractivity contribution in [2.75, 3.05) is 19.7 Å². The monoisotopic (exact) mass is 333 g/mol.